The van der Waals surface area contributed by atoms with Gasteiger partial charge in [-0.3, -0.25) is 4.79 Å². The zero-order valence-electron chi connectivity index (χ0n) is 12.3. The van der Waals surface area contributed by atoms with E-state index in [2.05, 4.69) is 10.3 Å². The largest absolute Gasteiger partial charge is 0.353 e. The monoisotopic (exact) mass is 334 g/mol. The molecule has 3 rings (SSSR count). The summed E-state index contributed by atoms with van der Waals surface area (Å²) < 4.78 is 0. The van der Waals surface area contributed by atoms with Crippen LogP contribution >= 0.6 is 22.9 Å². The van der Waals surface area contributed by atoms with Crippen molar-refractivity contribution in [1.29, 1.82) is 0 Å². The topological polar surface area (TPSA) is 42.0 Å². The number of hydrogen-bond donors (Lipinski definition) is 1. The molecule has 1 aliphatic carbocycles. The van der Waals surface area contributed by atoms with Crippen LogP contribution in [0.1, 0.15) is 37.8 Å². The highest BCUT2D eigenvalue weighted by Crippen LogP contribution is 2.30. The Balaban J connectivity index is 1.62. The normalized spacial score (nSPS) is 15.7. The Hall–Kier alpha value is -1.39. The fraction of sp³-hybridized carbons (Fsp3) is 0.412. The van der Waals surface area contributed by atoms with Crippen molar-refractivity contribution in [3.05, 3.63) is 40.4 Å². The molecule has 0 atom stereocenters. The van der Waals surface area contributed by atoms with E-state index in [9.17, 15) is 4.79 Å². The molecule has 3 nitrogen and oxygen atoms in total. The number of nitrogens with zero attached hydrogens (tertiary/aromatic N) is 1. The molecule has 1 heterocycles. The molecular formula is C17H19ClN2OS. The highest BCUT2D eigenvalue weighted by molar-refractivity contribution is 7.13. The second-order valence-corrected chi connectivity index (χ2v) is 6.97. The summed E-state index contributed by atoms with van der Waals surface area (Å²) >= 11 is 7.72. The van der Waals surface area contributed by atoms with Crippen LogP contribution < -0.4 is 5.32 Å². The van der Waals surface area contributed by atoms with Gasteiger partial charge in [0.1, 0.15) is 5.01 Å². The van der Waals surface area contributed by atoms with E-state index in [4.69, 9.17) is 11.6 Å². The van der Waals surface area contributed by atoms with Crippen LogP contribution in [0.25, 0.3) is 10.6 Å². The van der Waals surface area contributed by atoms with Gasteiger partial charge in [0.25, 0.3) is 0 Å². The number of aromatic nitrogens is 1. The predicted octanol–water partition coefficient (Wildman–Crippen LogP) is 4.45. The summed E-state index contributed by atoms with van der Waals surface area (Å²) in [5.41, 5.74) is 1.74. The molecule has 1 aliphatic rings. The number of nitrogens with one attached hydrogen (secondary N) is 1. The third-order valence-corrected chi connectivity index (χ3v) is 5.22. The van der Waals surface area contributed by atoms with Crippen LogP contribution in [0.2, 0.25) is 5.02 Å². The molecule has 22 heavy (non-hydrogen) atoms. The van der Waals surface area contributed by atoms with Gasteiger partial charge in [-0.2, -0.15) is 0 Å². The van der Waals surface area contributed by atoms with Crippen molar-refractivity contribution in [3.63, 3.8) is 0 Å². The Morgan fingerprint density at radius 3 is 2.82 bits per heavy atom. The number of rotatable bonds is 4. The van der Waals surface area contributed by atoms with E-state index in [1.165, 1.54) is 30.6 Å². The van der Waals surface area contributed by atoms with Crippen molar-refractivity contribution in [3.8, 4) is 10.6 Å². The molecule has 0 spiro atoms. The highest BCUT2D eigenvalue weighted by Gasteiger charge is 2.17. The molecule has 1 saturated carbocycles. The van der Waals surface area contributed by atoms with E-state index in [-0.39, 0.29) is 5.91 Å². The van der Waals surface area contributed by atoms with Gasteiger partial charge in [-0.25, -0.2) is 4.98 Å². The maximum Gasteiger partial charge on any atom is 0.226 e. The van der Waals surface area contributed by atoms with Gasteiger partial charge in [-0.15, -0.1) is 11.3 Å². The van der Waals surface area contributed by atoms with Crippen molar-refractivity contribution in [2.45, 2.75) is 44.6 Å². The molecule has 5 heteroatoms. The third-order valence-electron chi connectivity index (χ3n) is 3.97. The van der Waals surface area contributed by atoms with E-state index < -0.39 is 0 Å². The molecule has 0 saturated heterocycles. The molecule has 1 aromatic heterocycles. The number of thiazole rings is 1. The average molecular weight is 335 g/mol. The molecule has 116 valence electrons. The number of benzene rings is 1. The summed E-state index contributed by atoms with van der Waals surface area (Å²) in [7, 11) is 0. The number of halogens is 1. The second-order valence-electron chi connectivity index (χ2n) is 5.70. The van der Waals surface area contributed by atoms with Gasteiger partial charge in [-0.05, 0) is 18.9 Å². The minimum atomic E-state index is 0.0721. The minimum absolute atomic E-state index is 0.0721. The lowest BCUT2D eigenvalue weighted by Crippen LogP contribution is -2.37. The molecule has 0 unspecified atom stereocenters. The summed E-state index contributed by atoms with van der Waals surface area (Å²) in [4.78, 5) is 16.7. The van der Waals surface area contributed by atoms with E-state index in [0.717, 1.165) is 29.1 Å². The van der Waals surface area contributed by atoms with Crippen LogP contribution in [-0.4, -0.2) is 16.9 Å². The quantitative estimate of drug-likeness (QED) is 0.897. The van der Waals surface area contributed by atoms with E-state index in [0.29, 0.717) is 17.5 Å². The fourth-order valence-corrected chi connectivity index (χ4v) is 3.98. The summed E-state index contributed by atoms with van der Waals surface area (Å²) in [6.45, 7) is 0. The third kappa shape index (κ3) is 3.87. The van der Waals surface area contributed by atoms with E-state index in [1.54, 1.807) is 0 Å². The fourth-order valence-electron chi connectivity index (χ4n) is 2.84. The van der Waals surface area contributed by atoms with Crippen molar-refractivity contribution in [2.75, 3.05) is 0 Å². The first-order valence-electron chi connectivity index (χ1n) is 7.71. The van der Waals surface area contributed by atoms with Crippen LogP contribution in [0, 0.1) is 0 Å². The maximum absolute atomic E-state index is 12.1. The lowest BCUT2D eigenvalue weighted by Gasteiger charge is -2.22. The van der Waals surface area contributed by atoms with E-state index in [1.807, 2.05) is 29.6 Å². The van der Waals surface area contributed by atoms with Crippen LogP contribution in [0.15, 0.2) is 29.6 Å². The number of carbonyl (C=O) groups excluding carboxylic acids is 1. The molecule has 2 aromatic rings. The Morgan fingerprint density at radius 2 is 2.05 bits per heavy atom. The van der Waals surface area contributed by atoms with Gasteiger partial charge < -0.3 is 5.32 Å². The van der Waals surface area contributed by atoms with E-state index >= 15 is 0 Å². The molecular weight excluding hydrogens is 316 g/mol. The average Bonchev–Trinajstić information content (AvgIpc) is 2.97. The van der Waals surface area contributed by atoms with Crippen molar-refractivity contribution >= 4 is 28.8 Å². The summed E-state index contributed by atoms with van der Waals surface area (Å²) in [5, 5.41) is 6.63. The highest BCUT2D eigenvalue weighted by atomic mass is 35.5. The predicted molar refractivity (Wildman–Crippen MR) is 91.3 cm³/mol. The number of carbonyl (C=O) groups is 1. The van der Waals surface area contributed by atoms with Crippen molar-refractivity contribution < 1.29 is 4.79 Å². The maximum atomic E-state index is 12.1. The van der Waals surface area contributed by atoms with Gasteiger partial charge >= 0.3 is 0 Å². The zero-order valence-corrected chi connectivity index (χ0v) is 13.9. The summed E-state index contributed by atoms with van der Waals surface area (Å²) in [6, 6.07) is 8.00. The zero-order chi connectivity index (χ0) is 15.4. The van der Waals surface area contributed by atoms with Crippen molar-refractivity contribution in [1.82, 2.24) is 10.3 Å². The van der Waals surface area contributed by atoms with Gasteiger partial charge in [-0.1, -0.05) is 49.1 Å². The molecule has 0 bridgehead atoms. The second kappa shape index (κ2) is 7.25. The van der Waals surface area contributed by atoms with Gasteiger partial charge in [0, 0.05) is 17.0 Å². The van der Waals surface area contributed by atoms with Crippen LogP contribution in [-0.2, 0) is 11.2 Å². The van der Waals surface area contributed by atoms with Gasteiger partial charge in [0.15, 0.2) is 0 Å². The first-order chi connectivity index (χ1) is 10.7. The van der Waals surface area contributed by atoms with Gasteiger partial charge in [0.05, 0.1) is 17.1 Å². The molecule has 1 N–H and O–H groups in total. The number of amides is 1. The first kappa shape index (κ1) is 15.5. The molecule has 1 aromatic carbocycles. The lowest BCUT2D eigenvalue weighted by molar-refractivity contribution is -0.121. The summed E-state index contributed by atoms with van der Waals surface area (Å²) in [6.07, 6.45) is 6.29. The minimum Gasteiger partial charge on any atom is -0.353 e. The first-order valence-corrected chi connectivity index (χ1v) is 8.97. The van der Waals surface area contributed by atoms with Crippen molar-refractivity contribution in [2.24, 2.45) is 0 Å². The lowest BCUT2D eigenvalue weighted by atomic mass is 9.95. The smallest absolute Gasteiger partial charge is 0.226 e. The molecule has 0 radical (unpaired) electrons. The Kier molecular flexibility index (Phi) is 5.11. The van der Waals surface area contributed by atoms with Crippen LogP contribution in [0.5, 0.6) is 0 Å². The molecule has 1 amide bonds. The Labute approximate surface area is 139 Å². The van der Waals surface area contributed by atoms with Crippen LogP contribution in [0.3, 0.4) is 0 Å². The Morgan fingerprint density at radius 1 is 1.27 bits per heavy atom. The van der Waals surface area contributed by atoms with Gasteiger partial charge in [0.2, 0.25) is 5.91 Å². The number of hydrogen-bond acceptors (Lipinski definition) is 3. The standard InChI is InChI=1S/C17H19ClN2OS/c18-15-9-5-4-8-14(15)17-20-13(11-22-17)10-16(21)19-12-6-2-1-3-7-12/h4-5,8-9,11-12H,1-3,6-7,10H2,(H,19,21). The SMILES string of the molecule is O=C(Cc1csc(-c2ccccc2Cl)n1)NC1CCCCC1. The Bertz CT molecular complexity index is 650. The summed E-state index contributed by atoms with van der Waals surface area (Å²) in [5.74, 6) is 0.0721. The van der Waals surface area contributed by atoms with Crippen LogP contribution in [0.4, 0.5) is 0 Å². The molecule has 1 fully saturated rings. The molecule has 0 aliphatic heterocycles.